The van der Waals surface area contributed by atoms with Gasteiger partial charge in [-0.15, -0.1) is 0 Å². The Morgan fingerprint density at radius 1 is 1.25 bits per heavy atom. The Bertz CT molecular complexity index is 235. The van der Waals surface area contributed by atoms with E-state index in [1.54, 1.807) is 0 Å². The Hall–Kier alpha value is -0.720. The zero-order chi connectivity index (χ0) is 8.97. The van der Waals surface area contributed by atoms with Gasteiger partial charge in [0.25, 0.3) is 0 Å². The largest absolute Gasteiger partial charge is 0.469 e. The highest BCUT2D eigenvalue weighted by molar-refractivity contribution is 5.24. The Morgan fingerprint density at radius 2 is 2.00 bits per heavy atom. The fourth-order valence-electron chi connectivity index (χ4n) is 1.34. The van der Waals surface area contributed by atoms with Crippen molar-refractivity contribution in [1.82, 2.24) is 0 Å². The van der Waals surface area contributed by atoms with Gasteiger partial charge in [-0.2, -0.15) is 0 Å². The van der Waals surface area contributed by atoms with E-state index in [1.165, 1.54) is 36.1 Å². The minimum absolute atomic E-state index is 1.10. The molecule has 1 aromatic rings. The summed E-state index contributed by atoms with van der Waals surface area (Å²) in [6.45, 7) is 6.46. The Morgan fingerprint density at radius 3 is 2.50 bits per heavy atom. The van der Waals surface area contributed by atoms with Gasteiger partial charge in [0.1, 0.15) is 5.76 Å². The van der Waals surface area contributed by atoms with Crippen molar-refractivity contribution in [3.8, 4) is 0 Å². The Balaban J connectivity index is 2.46. The molecule has 0 atom stereocenters. The number of aryl methyl sites for hydroxylation is 2. The van der Waals surface area contributed by atoms with Gasteiger partial charge in [0, 0.05) is 6.42 Å². The molecule has 0 spiro atoms. The van der Waals surface area contributed by atoms with E-state index in [2.05, 4.69) is 20.8 Å². The molecule has 0 bridgehead atoms. The summed E-state index contributed by atoms with van der Waals surface area (Å²) in [5, 5.41) is 0. The van der Waals surface area contributed by atoms with Crippen LogP contribution < -0.4 is 0 Å². The lowest BCUT2D eigenvalue weighted by Gasteiger charge is -1.97. The molecule has 12 heavy (non-hydrogen) atoms. The average molecular weight is 166 g/mol. The van der Waals surface area contributed by atoms with E-state index >= 15 is 0 Å². The molecule has 1 heteroatoms. The molecule has 0 aliphatic heterocycles. The van der Waals surface area contributed by atoms with E-state index in [1.807, 2.05) is 6.26 Å². The zero-order valence-electron chi connectivity index (χ0n) is 8.31. The van der Waals surface area contributed by atoms with Crippen LogP contribution in [0.3, 0.4) is 0 Å². The zero-order valence-corrected chi connectivity index (χ0v) is 8.31. The quantitative estimate of drug-likeness (QED) is 0.622. The SMILES string of the molecule is CCCCCc1occ(C)c1C. The Kier molecular flexibility index (Phi) is 3.39. The second-order valence-corrected chi connectivity index (χ2v) is 3.42. The summed E-state index contributed by atoms with van der Waals surface area (Å²) in [5.41, 5.74) is 2.62. The van der Waals surface area contributed by atoms with Gasteiger partial charge in [0.15, 0.2) is 0 Å². The number of unbranched alkanes of at least 4 members (excludes halogenated alkanes) is 2. The predicted octanol–water partition coefficient (Wildman–Crippen LogP) is 3.63. The first-order chi connectivity index (χ1) is 5.75. The molecule has 0 aliphatic rings. The van der Waals surface area contributed by atoms with Gasteiger partial charge in [-0.25, -0.2) is 0 Å². The molecule has 0 radical (unpaired) electrons. The minimum atomic E-state index is 1.10. The van der Waals surface area contributed by atoms with Crippen molar-refractivity contribution in [3.05, 3.63) is 23.2 Å². The lowest BCUT2D eigenvalue weighted by Crippen LogP contribution is -1.85. The molecule has 0 aliphatic carbocycles. The molecule has 1 heterocycles. The summed E-state index contributed by atoms with van der Waals surface area (Å²) >= 11 is 0. The third-order valence-electron chi connectivity index (χ3n) is 2.40. The normalized spacial score (nSPS) is 10.6. The van der Waals surface area contributed by atoms with Crippen LogP contribution in [0.1, 0.15) is 43.1 Å². The molecule has 0 aromatic carbocycles. The van der Waals surface area contributed by atoms with E-state index in [0.29, 0.717) is 0 Å². The molecule has 0 N–H and O–H groups in total. The Labute approximate surface area is 74.8 Å². The van der Waals surface area contributed by atoms with Crippen LogP contribution in [-0.4, -0.2) is 0 Å². The maximum Gasteiger partial charge on any atom is 0.106 e. The fraction of sp³-hybridized carbons (Fsp3) is 0.636. The standard InChI is InChI=1S/C11H18O/c1-4-5-6-7-11-10(3)9(2)8-12-11/h8H,4-7H2,1-3H3. The van der Waals surface area contributed by atoms with E-state index < -0.39 is 0 Å². The molecule has 1 aromatic heterocycles. The van der Waals surface area contributed by atoms with Crippen molar-refractivity contribution in [2.24, 2.45) is 0 Å². The van der Waals surface area contributed by atoms with Crippen LogP contribution in [-0.2, 0) is 6.42 Å². The van der Waals surface area contributed by atoms with Crippen LogP contribution in [0.2, 0.25) is 0 Å². The molecule has 0 amide bonds. The minimum Gasteiger partial charge on any atom is -0.469 e. The van der Waals surface area contributed by atoms with Crippen molar-refractivity contribution in [2.75, 3.05) is 0 Å². The number of rotatable bonds is 4. The molecule has 1 nitrogen and oxygen atoms in total. The molecule has 1 rings (SSSR count). The first kappa shape index (κ1) is 9.37. The van der Waals surface area contributed by atoms with E-state index in [9.17, 15) is 0 Å². The highest BCUT2D eigenvalue weighted by atomic mass is 16.3. The number of hydrogen-bond acceptors (Lipinski definition) is 1. The monoisotopic (exact) mass is 166 g/mol. The van der Waals surface area contributed by atoms with Crippen molar-refractivity contribution in [1.29, 1.82) is 0 Å². The first-order valence-electron chi connectivity index (χ1n) is 4.79. The van der Waals surface area contributed by atoms with Gasteiger partial charge in [-0.3, -0.25) is 0 Å². The van der Waals surface area contributed by atoms with Gasteiger partial charge >= 0.3 is 0 Å². The predicted molar refractivity (Wildman–Crippen MR) is 51.4 cm³/mol. The van der Waals surface area contributed by atoms with E-state index in [4.69, 9.17) is 4.42 Å². The second-order valence-electron chi connectivity index (χ2n) is 3.42. The lowest BCUT2D eigenvalue weighted by atomic mass is 10.1. The highest BCUT2D eigenvalue weighted by Crippen LogP contribution is 2.17. The lowest BCUT2D eigenvalue weighted by molar-refractivity contribution is 0.493. The average Bonchev–Trinajstić information content (AvgIpc) is 2.36. The van der Waals surface area contributed by atoms with Crippen LogP contribution in [0, 0.1) is 13.8 Å². The molecular formula is C11H18O. The summed E-state index contributed by atoms with van der Waals surface area (Å²) < 4.78 is 5.44. The maximum absolute atomic E-state index is 5.44. The first-order valence-corrected chi connectivity index (χ1v) is 4.79. The maximum atomic E-state index is 5.44. The van der Waals surface area contributed by atoms with Gasteiger partial charge < -0.3 is 4.42 Å². The molecule has 68 valence electrons. The topological polar surface area (TPSA) is 13.1 Å². The second kappa shape index (κ2) is 4.34. The van der Waals surface area contributed by atoms with Crippen molar-refractivity contribution < 1.29 is 4.42 Å². The molecular weight excluding hydrogens is 148 g/mol. The van der Waals surface area contributed by atoms with Crippen molar-refractivity contribution in [2.45, 2.75) is 46.5 Å². The third kappa shape index (κ3) is 2.13. The van der Waals surface area contributed by atoms with E-state index in [0.717, 1.165) is 6.42 Å². The fourth-order valence-corrected chi connectivity index (χ4v) is 1.34. The molecule has 0 saturated heterocycles. The molecule has 0 unspecified atom stereocenters. The summed E-state index contributed by atoms with van der Waals surface area (Å²) in [6.07, 6.45) is 6.80. The van der Waals surface area contributed by atoms with Gasteiger partial charge in [-0.05, 0) is 31.4 Å². The molecule has 0 fully saturated rings. The third-order valence-corrected chi connectivity index (χ3v) is 2.40. The van der Waals surface area contributed by atoms with Crippen LogP contribution in [0.4, 0.5) is 0 Å². The van der Waals surface area contributed by atoms with E-state index in [-0.39, 0.29) is 0 Å². The van der Waals surface area contributed by atoms with Crippen molar-refractivity contribution >= 4 is 0 Å². The summed E-state index contributed by atoms with van der Waals surface area (Å²) in [5.74, 6) is 1.18. The highest BCUT2D eigenvalue weighted by Gasteiger charge is 2.04. The summed E-state index contributed by atoms with van der Waals surface area (Å²) in [4.78, 5) is 0. The van der Waals surface area contributed by atoms with Crippen LogP contribution >= 0.6 is 0 Å². The van der Waals surface area contributed by atoms with Crippen LogP contribution in [0.5, 0.6) is 0 Å². The molecule has 0 saturated carbocycles. The van der Waals surface area contributed by atoms with Crippen LogP contribution in [0.25, 0.3) is 0 Å². The number of furan rings is 1. The summed E-state index contributed by atoms with van der Waals surface area (Å²) in [6, 6.07) is 0. The smallest absolute Gasteiger partial charge is 0.106 e. The van der Waals surface area contributed by atoms with Crippen molar-refractivity contribution in [3.63, 3.8) is 0 Å². The van der Waals surface area contributed by atoms with Gasteiger partial charge in [-0.1, -0.05) is 19.8 Å². The van der Waals surface area contributed by atoms with Crippen LogP contribution in [0.15, 0.2) is 10.7 Å². The van der Waals surface area contributed by atoms with Gasteiger partial charge in [0.2, 0.25) is 0 Å². The summed E-state index contributed by atoms with van der Waals surface area (Å²) in [7, 11) is 0. The van der Waals surface area contributed by atoms with Gasteiger partial charge in [0.05, 0.1) is 6.26 Å². The number of hydrogen-bond donors (Lipinski definition) is 0.